The zero-order valence-corrected chi connectivity index (χ0v) is 10.9. The maximum absolute atomic E-state index is 8.56. The van der Waals surface area contributed by atoms with E-state index in [1.807, 2.05) is 0 Å². The Morgan fingerprint density at radius 3 is 0.333 bits per heavy atom. The third-order valence-electron chi connectivity index (χ3n) is 0. The Morgan fingerprint density at radius 2 is 0.333 bits per heavy atom. The predicted octanol–water partition coefficient (Wildman–Crippen LogP) is 1.11. The first-order valence-electron chi connectivity index (χ1n) is 3.26. The monoisotopic (exact) mass is 361 g/mol. The van der Waals surface area contributed by atoms with Gasteiger partial charge >= 0.3 is 30.8 Å². The molecule has 16 heteroatoms. The number of carbonyl (C=O) groups is 5. The van der Waals surface area contributed by atoms with Gasteiger partial charge < -0.3 is 51.1 Å². The fourth-order valence-corrected chi connectivity index (χ4v) is 0. The first-order chi connectivity index (χ1) is 8.66. The van der Waals surface area contributed by atoms with E-state index in [1.165, 1.54) is 0 Å². The van der Waals surface area contributed by atoms with Crippen LogP contribution in [-0.4, -0.2) is 81.8 Å². The van der Waals surface area contributed by atoms with Gasteiger partial charge in [-0.15, -0.1) is 0 Å². The summed E-state index contributed by atoms with van der Waals surface area (Å²) in [6.45, 7) is 0. The van der Waals surface area contributed by atoms with E-state index in [9.17, 15) is 0 Å². The van der Waals surface area contributed by atoms with Crippen LogP contribution in [0.3, 0.4) is 0 Å². The molecule has 0 bridgehead atoms. The summed E-state index contributed by atoms with van der Waals surface area (Å²) in [6.07, 6.45) is -9.17. The van der Waals surface area contributed by atoms with Crippen LogP contribution in [0.15, 0.2) is 0 Å². The van der Waals surface area contributed by atoms with Gasteiger partial charge in [0.25, 0.3) is 0 Å². The van der Waals surface area contributed by atoms with E-state index in [4.69, 9.17) is 75.0 Å². The second kappa shape index (κ2) is 30.2. The largest absolute Gasteiger partial charge is 0.503 e. The van der Waals surface area contributed by atoms with Crippen molar-refractivity contribution in [3.8, 4) is 0 Å². The van der Waals surface area contributed by atoms with Gasteiger partial charge in [-0.3, -0.25) is 0 Å². The van der Waals surface area contributed by atoms with Crippen LogP contribution in [0.2, 0.25) is 0 Å². The maximum Gasteiger partial charge on any atom is 0.503 e. The van der Waals surface area contributed by atoms with Gasteiger partial charge in [-0.1, -0.05) is 0 Å². The minimum atomic E-state index is -1.83. The Hall–Kier alpha value is -3.07. The Balaban J connectivity index is -0.0000000331. The number of hydrogen-bond donors (Lipinski definition) is 10. The molecule has 0 unspecified atom stereocenters. The van der Waals surface area contributed by atoms with Gasteiger partial charge in [-0.25, -0.2) is 24.0 Å². The van der Waals surface area contributed by atoms with Crippen molar-refractivity contribution in [1.29, 1.82) is 0 Å². The van der Waals surface area contributed by atoms with Gasteiger partial charge in [-0.2, -0.15) is 0 Å². The van der Waals surface area contributed by atoms with Crippen molar-refractivity contribution in [3.63, 3.8) is 0 Å². The van der Waals surface area contributed by atoms with Gasteiger partial charge in [-0.05, 0) is 0 Å². The van der Waals surface area contributed by atoms with E-state index in [1.54, 1.807) is 0 Å². The summed E-state index contributed by atoms with van der Waals surface area (Å²) in [6, 6.07) is 0. The van der Waals surface area contributed by atoms with Crippen molar-refractivity contribution >= 4 is 30.8 Å². The van der Waals surface area contributed by atoms with E-state index >= 15 is 0 Å². The molecule has 0 aliphatic carbocycles. The molecule has 0 aromatic rings. The first-order valence-corrected chi connectivity index (χ1v) is 3.26. The molecule has 0 atom stereocenters. The maximum atomic E-state index is 8.56. The van der Waals surface area contributed by atoms with E-state index in [0.717, 1.165) is 0 Å². The molecule has 0 amide bonds. The van der Waals surface area contributed by atoms with Crippen molar-refractivity contribution in [1.82, 2.24) is 0 Å². The predicted molar refractivity (Wildman–Crippen MR) is 53.3 cm³/mol. The second-order valence-corrected chi connectivity index (χ2v) is 1.41. The van der Waals surface area contributed by atoms with Crippen LogP contribution < -0.4 is 0 Å². The molecule has 0 saturated carbocycles. The summed E-state index contributed by atoms with van der Waals surface area (Å²) in [5, 5.41) is 69.7. The van der Waals surface area contributed by atoms with Crippen LogP contribution >= 0.6 is 0 Å². The minimum Gasteiger partial charge on any atom is -0.450 e. The van der Waals surface area contributed by atoms with Crippen LogP contribution in [0.4, 0.5) is 24.0 Å². The summed E-state index contributed by atoms with van der Waals surface area (Å²) < 4.78 is 0. The summed E-state index contributed by atoms with van der Waals surface area (Å²) in [5.41, 5.74) is 0. The number of carboxylic acid groups (broad SMARTS) is 10. The van der Waals surface area contributed by atoms with Crippen molar-refractivity contribution in [2.75, 3.05) is 0 Å². The third kappa shape index (κ3) is 402. The summed E-state index contributed by atoms with van der Waals surface area (Å²) in [5.74, 6) is 0. The smallest absolute Gasteiger partial charge is 0.450 e. The van der Waals surface area contributed by atoms with Crippen LogP contribution in [0, 0.1) is 0 Å². The van der Waals surface area contributed by atoms with Crippen molar-refractivity contribution in [3.05, 3.63) is 0 Å². The molecule has 0 aliphatic heterocycles. The van der Waals surface area contributed by atoms with Crippen LogP contribution in [0.5, 0.6) is 0 Å². The molecule has 0 spiro atoms. The zero-order chi connectivity index (χ0) is 17.9. The quantitative estimate of drug-likeness (QED) is 0.289. The van der Waals surface area contributed by atoms with Gasteiger partial charge in [0.15, 0.2) is 0 Å². The summed E-state index contributed by atoms with van der Waals surface area (Å²) in [4.78, 5) is 42.8. The Bertz CT molecular complexity index is 207. The fourth-order valence-electron chi connectivity index (χ4n) is 0. The Kier molecular flexibility index (Phi) is 51.9. The molecule has 0 aromatic heterocycles. The Morgan fingerprint density at radius 1 is 0.333 bits per heavy atom. The van der Waals surface area contributed by atoms with Crippen molar-refractivity contribution in [2.24, 2.45) is 0 Å². The SMILES string of the molecule is O=C(O)O.O=C(O)O.O=C(O)O.O=C(O)O.O=C(O)O.[V]. The van der Waals surface area contributed by atoms with Gasteiger partial charge in [0.1, 0.15) is 0 Å². The molecule has 0 rings (SSSR count). The minimum absolute atomic E-state index is 0. The van der Waals surface area contributed by atoms with Crippen LogP contribution in [0.1, 0.15) is 0 Å². The molecule has 125 valence electrons. The van der Waals surface area contributed by atoms with E-state index < -0.39 is 30.8 Å². The van der Waals surface area contributed by atoms with E-state index in [-0.39, 0.29) is 18.6 Å². The average Bonchev–Trinajstić information content (AvgIpc) is 1.94. The molecule has 0 saturated heterocycles. The van der Waals surface area contributed by atoms with Crippen molar-refractivity contribution < 1.29 is 93.6 Å². The topological polar surface area (TPSA) is 288 Å². The molecule has 0 aliphatic rings. The standard InChI is InChI=1S/5CH2O3.V/c5*2-1(3)4;/h5*(H2,2,3,4);. The summed E-state index contributed by atoms with van der Waals surface area (Å²) >= 11 is 0. The molecule has 0 heterocycles. The van der Waals surface area contributed by atoms with Crippen LogP contribution in [0.25, 0.3) is 0 Å². The molecule has 15 nitrogen and oxygen atoms in total. The molecular formula is C5H10O15V. The van der Waals surface area contributed by atoms with Crippen LogP contribution in [-0.2, 0) is 18.6 Å². The first kappa shape index (κ1) is 36.1. The van der Waals surface area contributed by atoms with Gasteiger partial charge in [0, 0.05) is 18.6 Å². The van der Waals surface area contributed by atoms with E-state index in [0.29, 0.717) is 0 Å². The number of hydrogen-bond acceptors (Lipinski definition) is 5. The molecule has 0 aromatic carbocycles. The average molecular weight is 361 g/mol. The molecule has 10 N–H and O–H groups in total. The summed E-state index contributed by atoms with van der Waals surface area (Å²) in [7, 11) is 0. The van der Waals surface area contributed by atoms with E-state index in [2.05, 4.69) is 0 Å². The van der Waals surface area contributed by atoms with Gasteiger partial charge in [0.05, 0.1) is 0 Å². The fraction of sp³-hybridized carbons (Fsp3) is 0. The molecule has 1 radical (unpaired) electrons. The molecular weight excluding hydrogens is 351 g/mol. The Labute approximate surface area is 125 Å². The van der Waals surface area contributed by atoms with Crippen molar-refractivity contribution in [2.45, 2.75) is 0 Å². The molecule has 0 fully saturated rings. The normalized spacial score (nSPS) is 5.71. The number of rotatable bonds is 0. The van der Waals surface area contributed by atoms with Gasteiger partial charge in [0.2, 0.25) is 0 Å². The molecule has 21 heavy (non-hydrogen) atoms. The second-order valence-electron chi connectivity index (χ2n) is 1.41. The third-order valence-corrected chi connectivity index (χ3v) is 0. The zero-order valence-electron chi connectivity index (χ0n) is 9.46.